The molecule has 1 aromatic rings. The first-order chi connectivity index (χ1) is 7.71. The standard InChI is InChI=1S/C11H11ClF3NO/c1-6-3-4-8(16-10(17)7(2)12)5-9(6)11(13,14)15/h3-5,7H,1-2H3,(H,16,17). The summed E-state index contributed by atoms with van der Waals surface area (Å²) in [6, 6.07) is 3.60. The first kappa shape index (κ1) is 13.8. The van der Waals surface area contributed by atoms with Crippen molar-refractivity contribution in [2.24, 2.45) is 0 Å². The molecule has 1 rings (SSSR count). The van der Waals surface area contributed by atoms with Crippen molar-refractivity contribution in [2.45, 2.75) is 25.4 Å². The third-order valence-corrected chi connectivity index (χ3v) is 2.37. The zero-order valence-electron chi connectivity index (χ0n) is 9.23. The van der Waals surface area contributed by atoms with Crippen LogP contribution in [-0.2, 0) is 11.0 Å². The molecule has 1 atom stereocenters. The van der Waals surface area contributed by atoms with Crippen molar-refractivity contribution in [1.29, 1.82) is 0 Å². The smallest absolute Gasteiger partial charge is 0.325 e. The molecule has 0 radical (unpaired) electrons. The molecule has 17 heavy (non-hydrogen) atoms. The van der Waals surface area contributed by atoms with E-state index in [-0.39, 0.29) is 11.3 Å². The minimum atomic E-state index is -4.43. The number of halogens is 4. The first-order valence-electron chi connectivity index (χ1n) is 4.84. The molecule has 94 valence electrons. The van der Waals surface area contributed by atoms with Crippen LogP contribution in [0.5, 0.6) is 0 Å². The Bertz CT molecular complexity index is 429. The van der Waals surface area contributed by atoms with E-state index in [1.165, 1.54) is 26.0 Å². The highest BCUT2D eigenvalue weighted by Gasteiger charge is 2.32. The molecule has 0 spiro atoms. The molecule has 1 unspecified atom stereocenters. The summed E-state index contributed by atoms with van der Waals surface area (Å²) in [5.41, 5.74) is -0.577. The lowest BCUT2D eigenvalue weighted by Crippen LogP contribution is -2.20. The van der Waals surface area contributed by atoms with Crippen LogP contribution in [0.15, 0.2) is 18.2 Å². The van der Waals surface area contributed by atoms with Crippen molar-refractivity contribution in [1.82, 2.24) is 0 Å². The molecule has 1 amide bonds. The molecule has 1 N–H and O–H groups in total. The molecule has 0 saturated heterocycles. The van der Waals surface area contributed by atoms with Crippen molar-refractivity contribution in [3.63, 3.8) is 0 Å². The van der Waals surface area contributed by atoms with Crippen molar-refractivity contribution in [2.75, 3.05) is 5.32 Å². The predicted molar refractivity (Wildman–Crippen MR) is 60.1 cm³/mol. The molecule has 0 aliphatic carbocycles. The Labute approximate surface area is 102 Å². The molecule has 0 aliphatic heterocycles. The Morgan fingerprint density at radius 2 is 2.00 bits per heavy atom. The van der Waals surface area contributed by atoms with E-state index in [0.29, 0.717) is 0 Å². The molecule has 6 heteroatoms. The number of hydrogen-bond donors (Lipinski definition) is 1. The maximum atomic E-state index is 12.6. The van der Waals surface area contributed by atoms with Gasteiger partial charge in [-0.25, -0.2) is 0 Å². The summed E-state index contributed by atoms with van der Waals surface area (Å²) in [7, 11) is 0. The molecule has 0 aliphatic rings. The SMILES string of the molecule is Cc1ccc(NC(=O)C(C)Cl)cc1C(F)(F)F. The topological polar surface area (TPSA) is 29.1 Å². The van der Waals surface area contributed by atoms with Gasteiger partial charge in [0.2, 0.25) is 5.91 Å². The number of aryl methyl sites for hydroxylation is 1. The van der Waals surface area contributed by atoms with Gasteiger partial charge in [-0.15, -0.1) is 11.6 Å². The van der Waals surface area contributed by atoms with Crippen LogP contribution in [0.1, 0.15) is 18.1 Å². The number of alkyl halides is 4. The van der Waals surface area contributed by atoms with Gasteiger partial charge in [0.25, 0.3) is 0 Å². The van der Waals surface area contributed by atoms with Crippen LogP contribution < -0.4 is 5.32 Å². The van der Waals surface area contributed by atoms with Gasteiger partial charge in [-0.1, -0.05) is 6.07 Å². The lowest BCUT2D eigenvalue weighted by atomic mass is 10.1. The Hall–Kier alpha value is -1.23. The minimum Gasteiger partial charge on any atom is -0.325 e. The Morgan fingerprint density at radius 1 is 1.41 bits per heavy atom. The van der Waals surface area contributed by atoms with Gasteiger partial charge in [0.1, 0.15) is 5.38 Å². The summed E-state index contributed by atoms with van der Waals surface area (Å²) >= 11 is 5.50. The van der Waals surface area contributed by atoms with Gasteiger partial charge in [0.15, 0.2) is 0 Å². The fourth-order valence-electron chi connectivity index (χ4n) is 1.25. The lowest BCUT2D eigenvalue weighted by Gasteiger charge is -2.13. The number of carbonyl (C=O) groups excluding carboxylic acids is 1. The fourth-order valence-corrected chi connectivity index (χ4v) is 1.30. The molecule has 0 bridgehead atoms. The Morgan fingerprint density at radius 3 is 2.47 bits per heavy atom. The number of anilines is 1. The average molecular weight is 266 g/mol. The van der Waals surface area contributed by atoms with Crippen LogP contribution in [0.2, 0.25) is 0 Å². The van der Waals surface area contributed by atoms with Crippen molar-refractivity contribution in [3.05, 3.63) is 29.3 Å². The molecular weight excluding hydrogens is 255 g/mol. The van der Waals surface area contributed by atoms with E-state index in [9.17, 15) is 18.0 Å². The maximum Gasteiger partial charge on any atom is 0.416 e. The van der Waals surface area contributed by atoms with Crippen LogP contribution in [-0.4, -0.2) is 11.3 Å². The number of carbonyl (C=O) groups is 1. The summed E-state index contributed by atoms with van der Waals surface area (Å²) in [5.74, 6) is -0.538. The summed E-state index contributed by atoms with van der Waals surface area (Å²) in [5, 5.41) is 1.51. The van der Waals surface area contributed by atoms with Gasteiger partial charge in [0.05, 0.1) is 5.56 Å². The number of benzene rings is 1. The zero-order chi connectivity index (χ0) is 13.2. The van der Waals surface area contributed by atoms with E-state index in [2.05, 4.69) is 5.32 Å². The largest absolute Gasteiger partial charge is 0.416 e. The van der Waals surface area contributed by atoms with Gasteiger partial charge in [-0.3, -0.25) is 4.79 Å². The highest BCUT2D eigenvalue weighted by atomic mass is 35.5. The fraction of sp³-hybridized carbons (Fsp3) is 0.364. The molecular formula is C11H11ClF3NO. The van der Waals surface area contributed by atoms with Crippen molar-refractivity contribution in [3.8, 4) is 0 Å². The van der Waals surface area contributed by atoms with Crippen LogP contribution in [0.3, 0.4) is 0 Å². The molecule has 0 heterocycles. The number of amides is 1. The predicted octanol–water partition coefficient (Wildman–Crippen LogP) is 3.58. The molecule has 0 fully saturated rings. The minimum absolute atomic E-state index is 0.0837. The van der Waals surface area contributed by atoms with Crippen LogP contribution in [0.25, 0.3) is 0 Å². The van der Waals surface area contributed by atoms with E-state index < -0.39 is 23.0 Å². The average Bonchev–Trinajstić information content (AvgIpc) is 2.19. The molecule has 1 aromatic carbocycles. The van der Waals surface area contributed by atoms with E-state index in [1.807, 2.05) is 0 Å². The van der Waals surface area contributed by atoms with E-state index >= 15 is 0 Å². The summed E-state index contributed by atoms with van der Waals surface area (Å²) in [4.78, 5) is 11.2. The van der Waals surface area contributed by atoms with Gasteiger partial charge in [0, 0.05) is 5.69 Å². The third-order valence-electron chi connectivity index (χ3n) is 2.17. The molecule has 0 saturated carbocycles. The van der Waals surface area contributed by atoms with Crippen LogP contribution >= 0.6 is 11.6 Å². The third kappa shape index (κ3) is 3.63. The highest BCUT2D eigenvalue weighted by Crippen LogP contribution is 2.33. The molecule has 2 nitrogen and oxygen atoms in total. The van der Waals surface area contributed by atoms with Gasteiger partial charge >= 0.3 is 6.18 Å². The van der Waals surface area contributed by atoms with Gasteiger partial charge in [-0.05, 0) is 31.5 Å². The number of rotatable bonds is 2. The second kappa shape index (κ2) is 4.96. The number of nitrogens with one attached hydrogen (secondary N) is 1. The number of hydrogen-bond acceptors (Lipinski definition) is 1. The second-order valence-corrected chi connectivity index (χ2v) is 4.29. The van der Waals surface area contributed by atoms with Crippen molar-refractivity contribution < 1.29 is 18.0 Å². The summed E-state index contributed by atoms with van der Waals surface area (Å²) < 4.78 is 37.8. The van der Waals surface area contributed by atoms with E-state index in [1.54, 1.807) is 0 Å². The first-order valence-corrected chi connectivity index (χ1v) is 5.28. The van der Waals surface area contributed by atoms with Gasteiger partial charge < -0.3 is 5.32 Å². The Kier molecular flexibility index (Phi) is 4.03. The summed E-state index contributed by atoms with van der Waals surface area (Å²) in [6.07, 6.45) is -4.43. The van der Waals surface area contributed by atoms with E-state index in [4.69, 9.17) is 11.6 Å². The van der Waals surface area contributed by atoms with E-state index in [0.717, 1.165) is 6.07 Å². The highest BCUT2D eigenvalue weighted by molar-refractivity contribution is 6.32. The normalized spacial score (nSPS) is 13.3. The maximum absolute atomic E-state index is 12.6. The molecule has 0 aromatic heterocycles. The second-order valence-electron chi connectivity index (χ2n) is 3.63. The van der Waals surface area contributed by atoms with Crippen LogP contribution in [0, 0.1) is 6.92 Å². The van der Waals surface area contributed by atoms with Crippen molar-refractivity contribution >= 4 is 23.2 Å². The quantitative estimate of drug-likeness (QED) is 0.814. The van der Waals surface area contributed by atoms with Crippen LogP contribution in [0.4, 0.5) is 18.9 Å². The zero-order valence-corrected chi connectivity index (χ0v) is 9.99. The Balaban J connectivity index is 3.01. The van der Waals surface area contributed by atoms with Gasteiger partial charge in [-0.2, -0.15) is 13.2 Å². The monoisotopic (exact) mass is 265 g/mol. The summed E-state index contributed by atoms with van der Waals surface area (Å²) in [6.45, 7) is 2.80. The lowest BCUT2D eigenvalue weighted by molar-refractivity contribution is -0.138.